The molecule has 0 fully saturated rings. The number of aryl methyl sites for hydroxylation is 1. The Morgan fingerprint density at radius 1 is 1.03 bits per heavy atom. The van der Waals surface area contributed by atoms with Gasteiger partial charge in [-0.15, -0.1) is 0 Å². The van der Waals surface area contributed by atoms with Crippen molar-refractivity contribution in [1.82, 2.24) is 9.78 Å². The number of carbonyl (C=O) groups excluding carboxylic acids is 1. The van der Waals surface area contributed by atoms with E-state index in [-0.39, 0.29) is 24.2 Å². The molecule has 0 N–H and O–H groups in total. The highest BCUT2D eigenvalue weighted by Gasteiger charge is 2.13. The van der Waals surface area contributed by atoms with Gasteiger partial charge in [-0.25, -0.2) is 0 Å². The summed E-state index contributed by atoms with van der Waals surface area (Å²) < 4.78 is 7.01. The third kappa shape index (κ3) is 5.64. The van der Waals surface area contributed by atoms with Crippen LogP contribution in [0.15, 0.2) is 65.5 Å². The van der Waals surface area contributed by atoms with E-state index in [0.717, 1.165) is 24.2 Å². The van der Waals surface area contributed by atoms with E-state index in [1.165, 1.54) is 4.68 Å². The van der Waals surface area contributed by atoms with E-state index in [1.807, 2.05) is 61.5 Å². The summed E-state index contributed by atoms with van der Waals surface area (Å²) in [4.78, 5) is 25.4. The van der Waals surface area contributed by atoms with Gasteiger partial charge in [-0.3, -0.25) is 9.59 Å². The standard InChI is InChI=1S/C24H26N2O3/c1-3-4-14-29-23-12-10-19(11-13-23)16-22(27)17-20-15-18(2)25-26(24(20)28)21-8-6-5-7-9-21/h5-13,15H,3-4,14,16-17H2,1-2H3. The number of benzene rings is 2. The molecule has 0 saturated heterocycles. The first kappa shape index (κ1) is 20.5. The summed E-state index contributed by atoms with van der Waals surface area (Å²) in [5.41, 5.74) is 2.51. The molecule has 0 bridgehead atoms. The van der Waals surface area contributed by atoms with E-state index in [9.17, 15) is 9.59 Å². The maximum atomic E-state index is 12.8. The fourth-order valence-electron chi connectivity index (χ4n) is 3.09. The van der Waals surface area contributed by atoms with Crippen molar-refractivity contribution in [1.29, 1.82) is 0 Å². The topological polar surface area (TPSA) is 61.2 Å². The van der Waals surface area contributed by atoms with Gasteiger partial charge < -0.3 is 4.74 Å². The number of unbranched alkanes of at least 4 members (excludes halogenated alkanes) is 1. The highest BCUT2D eigenvalue weighted by Crippen LogP contribution is 2.14. The van der Waals surface area contributed by atoms with E-state index >= 15 is 0 Å². The minimum absolute atomic E-state index is 0.00744. The van der Waals surface area contributed by atoms with E-state index in [2.05, 4.69) is 12.0 Å². The van der Waals surface area contributed by atoms with Gasteiger partial charge in [0.1, 0.15) is 11.5 Å². The largest absolute Gasteiger partial charge is 0.494 e. The first-order valence-corrected chi connectivity index (χ1v) is 9.95. The van der Waals surface area contributed by atoms with Crippen molar-refractivity contribution >= 4 is 5.78 Å². The number of carbonyl (C=O) groups is 1. The minimum Gasteiger partial charge on any atom is -0.494 e. The number of hydrogen-bond acceptors (Lipinski definition) is 4. The van der Waals surface area contributed by atoms with Crippen LogP contribution in [0.1, 0.15) is 36.6 Å². The normalized spacial score (nSPS) is 10.7. The molecule has 1 aromatic heterocycles. The van der Waals surface area contributed by atoms with Crippen LogP contribution in [0, 0.1) is 6.92 Å². The zero-order valence-electron chi connectivity index (χ0n) is 16.9. The molecule has 5 nitrogen and oxygen atoms in total. The van der Waals surface area contributed by atoms with Gasteiger partial charge in [-0.2, -0.15) is 9.78 Å². The van der Waals surface area contributed by atoms with Crippen LogP contribution in [-0.2, 0) is 17.6 Å². The molecule has 150 valence electrons. The quantitative estimate of drug-likeness (QED) is 0.517. The SMILES string of the molecule is CCCCOc1ccc(CC(=O)Cc2cc(C)nn(-c3ccccc3)c2=O)cc1. The predicted octanol–water partition coefficient (Wildman–Crippen LogP) is 4.07. The Hall–Kier alpha value is -3.21. The second kappa shape index (κ2) is 9.82. The Morgan fingerprint density at radius 3 is 2.45 bits per heavy atom. The second-order valence-electron chi connectivity index (χ2n) is 7.10. The Labute approximate surface area is 171 Å². The van der Waals surface area contributed by atoms with Gasteiger partial charge in [0.2, 0.25) is 0 Å². The third-order valence-electron chi connectivity index (χ3n) is 4.59. The monoisotopic (exact) mass is 390 g/mol. The van der Waals surface area contributed by atoms with Crippen LogP contribution >= 0.6 is 0 Å². The highest BCUT2D eigenvalue weighted by molar-refractivity contribution is 5.83. The Morgan fingerprint density at radius 2 is 1.76 bits per heavy atom. The molecule has 2 aromatic carbocycles. The minimum atomic E-state index is -0.255. The molecular weight excluding hydrogens is 364 g/mol. The molecular formula is C24H26N2O3. The van der Waals surface area contributed by atoms with Crippen molar-refractivity contribution in [2.24, 2.45) is 0 Å². The Bertz CT molecular complexity index is 1010. The van der Waals surface area contributed by atoms with Crippen molar-refractivity contribution in [3.63, 3.8) is 0 Å². The zero-order chi connectivity index (χ0) is 20.6. The predicted molar refractivity (Wildman–Crippen MR) is 114 cm³/mol. The number of aromatic nitrogens is 2. The smallest absolute Gasteiger partial charge is 0.275 e. The molecule has 0 amide bonds. The molecule has 3 aromatic rings. The molecule has 0 aliphatic rings. The Kier molecular flexibility index (Phi) is 6.95. The number of hydrogen-bond donors (Lipinski definition) is 0. The molecule has 0 atom stereocenters. The van der Waals surface area contributed by atoms with Gasteiger partial charge in [-0.1, -0.05) is 43.7 Å². The van der Waals surface area contributed by atoms with Crippen molar-refractivity contribution < 1.29 is 9.53 Å². The van der Waals surface area contributed by atoms with Crippen LogP contribution in [0.4, 0.5) is 0 Å². The summed E-state index contributed by atoms with van der Waals surface area (Å²) >= 11 is 0. The van der Waals surface area contributed by atoms with Gasteiger partial charge in [-0.05, 0) is 49.2 Å². The van der Waals surface area contributed by atoms with E-state index in [1.54, 1.807) is 6.07 Å². The fraction of sp³-hybridized carbons (Fsp3) is 0.292. The van der Waals surface area contributed by atoms with Crippen molar-refractivity contribution in [3.05, 3.63) is 87.8 Å². The third-order valence-corrected chi connectivity index (χ3v) is 4.59. The van der Waals surface area contributed by atoms with Gasteiger partial charge in [0.05, 0.1) is 18.0 Å². The summed E-state index contributed by atoms with van der Waals surface area (Å²) in [5.74, 6) is 0.803. The van der Waals surface area contributed by atoms with Crippen LogP contribution in [0.2, 0.25) is 0 Å². The first-order valence-electron chi connectivity index (χ1n) is 9.95. The summed E-state index contributed by atoms with van der Waals surface area (Å²) in [6.45, 7) is 4.64. The molecule has 0 aliphatic carbocycles. The molecule has 0 unspecified atom stereocenters. The van der Waals surface area contributed by atoms with E-state index in [4.69, 9.17) is 4.74 Å². The highest BCUT2D eigenvalue weighted by atomic mass is 16.5. The van der Waals surface area contributed by atoms with Crippen molar-refractivity contribution in [2.75, 3.05) is 6.61 Å². The summed E-state index contributed by atoms with van der Waals surface area (Å²) in [5, 5.41) is 4.31. The molecule has 1 heterocycles. The van der Waals surface area contributed by atoms with Crippen LogP contribution in [0.5, 0.6) is 5.75 Å². The number of nitrogens with zero attached hydrogens (tertiary/aromatic N) is 2. The molecule has 0 spiro atoms. The first-order chi connectivity index (χ1) is 14.1. The molecule has 0 radical (unpaired) electrons. The summed E-state index contributed by atoms with van der Waals surface area (Å²) in [7, 11) is 0. The average Bonchev–Trinajstić information content (AvgIpc) is 2.72. The molecule has 5 heteroatoms. The van der Waals surface area contributed by atoms with Crippen LogP contribution in [0.3, 0.4) is 0 Å². The number of rotatable bonds is 9. The second-order valence-corrected chi connectivity index (χ2v) is 7.10. The van der Waals surface area contributed by atoms with Gasteiger partial charge in [0, 0.05) is 18.4 Å². The maximum Gasteiger partial charge on any atom is 0.275 e. The van der Waals surface area contributed by atoms with Crippen LogP contribution in [-0.4, -0.2) is 22.2 Å². The van der Waals surface area contributed by atoms with Gasteiger partial charge in [0.25, 0.3) is 5.56 Å². The number of Topliss-reactive ketones (excluding diaryl/α,β-unsaturated/α-hetero) is 1. The van der Waals surface area contributed by atoms with Gasteiger partial charge >= 0.3 is 0 Å². The van der Waals surface area contributed by atoms with Crippen molar-refractivity contribution in [3.8, 4) is 11.4 Å². The summed E-state index contributed by atoms with van der Waals surface area (Å²) in [6.07, 6.45) is 2.48. The average molecular weight is 390 g/mol. The zero-order valence-corrected chi connectivity index (χ0v) is 16.9. The lowest BCUT2D eigenvalue weighted by Crippen LogP contribution is -2.27. The number of ether oxygens (including phenoxy) is 1. The molecule has 0 aliphatic heterocycles. The van der Waals surface area contributed by atoms with E-state index < -0.39 is 0 Å². The number of ketones is 1. The number of para-hydroxylation sites is 1. The lowest BCUT2D eigenvalue weighted by Gasteiger charge is -2.09. The molecule has 3 rings (SSSR count). The molecule has 29 heavy (non-hydrogen) atoms. The lowest BCUT2D eigenvalue weighted by atomic mass is 10.0. The fourth-order valence-corrected chi connectivity index (χ4v) is 3.09. The van der Waals surface area contributed by atoms with E-state index in [0.29, 0.717) is 23.6 Å². The van der Waals surface area contributed by atoms with Crippen LogP contribution < -0.4 is 10.3 Å². The van der Waals surface area contributed by atoms with Gasteiger partial charge in [0.15, 0.2) is 0 Å². The summed E-state index contributed by atoms with van der Waals surface area (Å²) in [6, 6.07) is 18.5. The van der Waals surface area contributed by atoms with Crippen LogP contribution in [0.25, 0.3) is 5.69 Å². The Balaban J connectivity index is 1.69. The van der Waals surface area contributed by atoms with Crippen molar-refractivity contribution in [2.45, 2.75) is 39.5 Å². The lowest BCUT2D eigenvalue weighted by molar-refractivity contribution is -0.117. The molecule has 0 saturated carbocycles. The maximum absolute atomic E-state index is 12.8.